The van der Waals surface area contributed by atoms with Gasteiger partial charge in [0.25, 0.3) is 0 Å². The van der Waals surface area contributed by atoms with E-state index in [2.05, 4.69) is 21.6 Å². The summed E-state index contributed by atoms with van der Waals surface area (Å²) in [5.74, 6) is 0.0931. The van der Waals surface area contributed by atoms with Gasteiger partial charge < -0.3 is 5.32 Å². The molecule has 0 fully saturated rings. The minimum atomic E-state index is 0.0931. The van der Waals surface area contributed by atoms with Crippen molar-refractivity contribution < 1.29 is 4.79 Å². The van der Waals surface area contributed by atoms with E-state index in [1.165, 1.54) is 0 Å². The molecule has 0 spiro atoms. The molecular weight excluding hydrogens is 153 g/mol. The smallest absolute Gasteiger partial charge is 0.228 e. The topological polar surface area (TPSA) is 29.1 Å². The summed E-state index contributed by atoms with van der Waals surface area (Å²) in [5, 5.41) is 2.78. The fourth-order valence-electron chi connectivity index (χ4n) is 1.25. The molecule has 1 N–H and O–H groups in total. The zero-order chi connectivity index (χ0) is 7.84. The minimum absolute atomic E-state index is 0.0931. The predicted octanol–water partition coefficient (Wildman–Crippen LogP) is -0.0250. The maximum atomic E-state index is 10.9. The predicted molar refractivity (Wildman–Crippen MR) is 44.2 cm³/mol. The van der Waals surface area contributed by atoms with Crippen LogP contribution in [0.4, 0.5) is 5.69 Å². The van der Waals surface area contributed by atoms with Crippen LogP contribution in [0.25, 0.3) is 0 Å². The molecule has 1 heterocycles. The third-order valence-corrected chi connectivity index (χ3v) is 2.11. The van der Waals surface area contributed by atoms with Crippen molar-refractivity contribution in [3.63, 3.8) is 0 Å². The molecule has 0 saturated carbocycles. The number of amides is 1. The molecule has 1 aromatic carbocycles. The van der Waals surface area contributed by atoms with E-state index in [1.807, 2.05) is 18.2 Å². The van der Waals surface area contributed by atoms with Gasteiger partial charge in [0.05, 0.1) is 6.42 Å². The molecule has 1 aliphatic heterocycles. The Bertz CT molecular complexity index is 322. The molecule has 52 valence electrons. The van der Waals surface area contributed by atoms with Gasteiger partial charge in [0.2, 0.25) is 5.91 Å². The Labute approximate surface area is 73.0 Å². The zero-order valence-electron chi connectivity index (χ0n) is 5.92. The average Bonchev–Trinajstić information content (AvgIpc) is 2.27. The number of rotatable bonds is 0. The van der Waals surface area contributed by atoms with Gasteiger partial charge in [-0.2, -0.15) is 0 Å². The zero-order valence-corrected chi connectivity index (χ0v) is 7.08. The SMILES string of the molecule is O=C1Cc2c[c]([Al])ccc2N1. The van der Waals surface area contributed by atoms with Crippen molar-refractivity contribution >= 4 is 32.3 Å². The second-order valence-corrected chi connectivity index (χ2v) is 3.31. The lowest BCUT2D eigenvalue weighted by Crippen LogP contribution is -2.03. The number of hydrogen-bond acceptors (Lipinski definition) is 1. The lowest BCUT2D eigenvalue weighted by molar-refractivity contribution is -0.115. The van der Waals surface area contributed by atoms with Crippen LogP contribution in [0.3, 0.4) is 0 Å². The van der Waals surface area contributed by atoms with Crippen molar-refractivity contribution in [1.82, 2.24) is 0 Å². The summed E-state index contributed by atoms with van der Waals surface area (Å²) in [6.45, 7) is 0. The number of nitrogens with one attached hydrogen (secondary N) is 1. The first-order chi connectivity index (χ1) is 5.25. The molecule has 0 unspecified atom stereocenters. The van der Waals surface area contributed by atoms with Gasteiger partial charge in [-0.05, 0) is 11.6 Å². The van der Waals surface area contributed by atoms with Gasteiger partial charge in [0, 0.05) is 5.69 Å². The second kappa shape index (κ2) is 2.37. The molecule has 2 rings (SSSR count). The molecule has 1 amide bonds. The highest BCUT2D eigenvalue weighted by molar-refractivity contribution is 6.32. The van der Waals surface area contributed by atoms with E-state index in [0.29, 0.717) is 6.42 Å². The molecule has 1 aromatic rings. The van der Waals surface area contributed by atoms with Gasteiger partial charge in [-0.3, -0.25) is 4.79 Å². The van der Waals surface area contributed by atoms with Crippen molar-refractivity contribution in [3.05, 3.63) is 23.8 Å². The van der Waals surface area contributed by atoms with E-state index < -0.39 is 0 Å². The molecule has 1 aliphatic rings. The molecule has 3 heteroatoms. The van der Waals surface area contributed by atoms with Crippen LogP contribution in [0.15, 0.2) is 18.2 Å². The first-order valence-corrected chi connectivity index (χ1v) is 4.02. The Morgan fingerprint density at radius 3 is 3.09 bits per heavy atom. The van der Waals surface area contributed by atoms with Gasteiger partial charge in [-0.1, -0.05) is 12.1 Å². The molecule has 0 aliphatic carbocycles. The van der Waals surface area contributed by atoms with Crippen molar-refractivity contribution in [1.29, 1.82) is 0 Å². The van der Waals surface area contributed by atoms with Gasteiger partial charge >= 0.3 is 0 Å². The summed E-state index contributed by atoms with van der Waals surface area (Å²) in [6.07, 6.45) is 0.525. The van der Waals surface area contributed by atoms with E-state index >= 15 is 0 Å². The normalized spacial score (nSPS) is 14.4. The van der Waals surface area contributed by atoms with Crippen LogP contribution in [-0.4, -0.2) is 22.2 Å². The first-order valence-electron chi connectivity index (χ1n) is 3.44. The highest BCUT2D eigenvalue weighted by atomic mass is 27.0. The lowest BCUT2D eigenvalue weighted by atomic mass is 10.2. The molecule has 11 heavy (non-hydrogen) atoms. The molecule has 0 aromatic heterocycles. The van der Waals surface area contributed by atoms with Gasteiger partial charge in [0.15, 0.2) is 16.3 Å². The summed E-state index contributed by atoms with van der Waals surface area (Å²) in [7, 11) is 0. The second-order valence-electron chi connectivity index (χ2n) is 2.64. The summed E-state index contributed by atoms with van der Waals surface area (Å²) in [4.78, 5) is 10.9. The van der Waals surface area contributed by atoms with Crippen LogP contribution >= 0.6 is 0 Å². The maximum Gasteiger partial charge on any atom is 0.228 e. The fourth-order valence-corrected chi connectivity index (χ4v) is 1.55. The van der Waals surface area contributed by atoms with Crippen LogP contribution in [0.5, 0.6) is 0 Å². The average molecular weight is 159 g/mol. The highest BCUT2D eigenvalue weighted by Crippen LogP contribution is 2.20. The van der Waals surface area contributed by atoms with E-state index in [-0.39, 0.29) is 5.91 Å². The van der Waals surface area contributed by atoms with Gasteiger partial charge in [0.1, 0.15) is 0 Å². The fraction of sp³-hybridized carbons (Fsp3) is 0.125. The van der Waals surface area contributed by atoms with Gasteiger partial charge in [-0.15, -0.1) is 4.43 Å². The Morgan fingerprint density at radius 1 is 1.45 bits per heavy atom. The molecule has 0 atom stereocenters. The maximum absolute atomic E-state index is 10.9. The standard InChI is InChI=1S/C8H6NO.Al/c10-8-5-6-3-1-2-4-7(6)9-8;/h2-4H,5H2,(H,9,10);. The van der Waals surface area contributed by atoms with Crippen LogP contribution < -0.4 is 9.74 Å². The third-order valence-electron chi connectivity index (χ3n) is 1.75. The number of benzene rings is 1. The van der Waals surface area contributed by atoms with Crippen molar-refractivity contribution in [2.75, 3.05) is 5.32 Å². The van der Waals surface area contributed by atoms with Crippen LogP contribution in [0, 0.1) is 0 Å². The quantitative estimate of drug-likeness (QED) is 0.529. The highest BCUT2D eigenvalue weighted by Gasteiger charge is 2.15. The van der Waals surface area contributed by atoms with Crippen molar-refractivity contribution in [2.24, 2.45) is 0 Å². The molecule has 2 nitrogen and oxygen atoms in total. The number of carbonyl (C=O) groups excluding carboxylic acids is 1. The summed E-state index contributed by atoms with van der Waals surface area (Å²) < 4.78 is 1.13. The van der Waals surface area contributed by atoms with Crippen LogP contribution in [-0.2, 0) is 11.2 Å². The monoisotopic (exact) mass is 159 g/mol. The Balaban J connectivity index is 2.51. The molecule has 0 saturated heterocycles. The van der Waals surface area contributed by atoms with E-state index in [4.69, 9.17) is 0 Å². The molecular formula is C8H6AlNO. The molecule has 2 radical (unpaired) electrons. The summed E-state index contributed by atoms with van der Waals surface area (Å²) >= 11 is 2.62. The Morgan fingerprint density at radius 2 is 2.27 bits per heavy atom. The summed E-state index contributed by atoms with van der Waals surface area (Å²) in [6, 6.07) is 5.91. The van der Waals surface area contributed by atoms with Crippen LogP contribution in [0.2, 0.25) is 0 Å². The lowest BCUT2D eigenvalue weighted by Gasteiger charge is -1.98. The number of hydrogen-bond donors (Lipinski definition) is 1. The molecule has 0 bridgehead atoms. The first kappa shape index (κ1) is 6.90. The summed E-state index contributed by atoms with van der Waals surface area (Å²) in [5.41, 5.74) is 2.06. The van der Waals surface area contributed by atoms with Crippen molar-refractivity contribution in [3.8, 4) is 0 Å². The number of carbonyl (C=O) groups is 1. The van der Waals surface area contributed by atoms with E-state index in [9.17, 15) is 4.79 Å². The van der Waals surface area contributed by atoms with E-state index in [1.54, 1.807) is 0 Å². The minimum Gasteiger partial charge on any atom is -0.326 e. The Hall–Kier alpha value is -0.778. The Kier molecular flexibility index (Phi) is 1.49. The van der Waals surface area contributed by atoms with Crippen LogP contribution in [0.1, 0.15) is 5.56 Å². The van der Waals surface area contributed by atoms with E-state index in [0.717, 1.165) is 15.7 Å². The largest absolute Gasteiger partial charge is 0.326 e. The van der Waals surface area contributed by atoms with Crippen molar-refractivity contribution in [2.45, 2.75) is 6.42 Å². The third kappa shape index (κ3) is 1.18. The number of fused-ring (bicyclic) bond motifs is 1. The van der Waals surface area contributed by atoms with Gasteiger partial charge in [-0.25, -0.2) is 0 Å². The number of anilines is 1.